The van der Waals surface area contributed by atoms with Gasteiger partial charge in [0.2, 0.25) is 0 Å². The minimum atomic E-state index is -0.375. The summed E-state index contributed by atoms with van der Waals surface area (Å²) in [6.45, 7) is 1.28. The van der Waals surface area contributed by atoms with E-state index in [2.05, 4.69) is 46.5 Å². The molecule has 0 amide bonds. The summed E-state index contributed by atoms with van der Waals surface area (Å²) in [6, 6.07) is 40.1. The third kappa shape index (κ3) is 7.49. The Morgan fingerprint density at radius 3 is 1.50 bits per heavy atom. The maximum Gasteiger partial charge on any atom is 0.156 e. The van der Waals surface area contributed by atoms with Crippen molar-refractivity contribution in [3.8, 4) is 0 Å². The summed E-state index contributed by atoms with van der Waals surface area (Å²) in [5.41, 5.74) is 4.90. The number of ketones is 1. The molecule has 4 aromatic carbocycles. The first-order valence-corrected chi connectivity index (χ1v) is 12.3. The molecule has 0 aliphatic rings. The molecule has 0 fully saturated rings. The predicted octanol–water partition coefficient (Wildman–Crippen LogP) is 6.33. The quantitative estimate of drug-likeness (QED) is 0.148. The van der Waals surface area contributed by atoms with Gasteiger partial charge < -0.3 is 5.21 Å². The number of carbonyl (C=O) groups is 1. The summed E-state index contributed by atoms with van der Waals surface area (Å²) < 4.78 is 0. The van der Waals surface area contributed by atoms with E-state index in [9.17, 15) is 10.0 Å². The summed E-state index contributed by atoms with van der Waals surface area (Å²) >= 11 is 0. The summed E-state index contributed by atoms with van der Waals surface area (Å²) in [6.07, 6.45) is 1.13. The Kier molecular flexibility index (Phi) is 9.18. The van der Waals surface area contributed by atoms with Crippen LogP contribution in [0.25, 0.3) is 0 Å². The van der Waals surface area contributed by atoms with Gasteiger partial charge in [-0.3, -0.25) is 9.69 Å². The number of oxime groups is 1. The van der Waals surface area contributed by atoms with Crippen molar-refractivity contribution in [2.45, 2.75) is 38.4 Å². The average Bonchev–Trinajstić information content (AvgIpc) is 2.93. The number of hydrogen-bond acceptors (Lipinski definition) is 4. The lowest BCUT2D eigenvalue weighted by Crippen LogP contribution is -2.43. The van der Waals surface area contributed by atoms with E-state index in [1.807, 2.05) is 84.9 Å². The number of rotatable bonds is 12. The lowest BCUT2D eigenvalue weighted by atomic mass is 9.94. The number of benzene rings is 4. The van der Waals surface area contributed by atoms with E-state index in [4.69, 9.17) is 0 Å². The molecule has 0 radical (unpaired) electrons. The Labute approximate surface area is 213 Å². The fourth-order valence-corrected chi connectivity index (χ4v) is 4.48. The Morgan fingerprint density at radius 2 is 1.06 bits per heavy atom. The second-order valence-electron chi connectivity index (χ2n) is 9.05. The van der Waals surface area contributed by atoms with E-state index >= 15 is 0 Å². The molecule has 1 atom stereocenters. The molecular formula is C32H32N2O2. The van der Waals surface area contributed by atoms with Crippen LogP contribution >= 0.6 is 0 Å². The van der Waals surface area contributed by atoms with Gasteiger partial charge in [0.25, 0.3) is 0 Å². The van der Waals surface area contributed by atoms with Crippen LogP contribution in [-0.4, -0.2) is 27.6 Å². The Bertz CT molecular complexity index is 1180. The maximum atomic E-state index is 13.9. The normalized spacial score (nSPS) is 12.4. The molecule has 0 heterocycles. The minimum Gasteiger partial charge on any atom is -0.411 e. The molecule has 182 valence electrons. The van der Waals surface area contributed by atoms with Crippen molar-refractivity contribution < 1.29 is 10.0 Å². The van der Waals surface area contributed by atoms with Crippen LogP contribution in [0.15, 0.2) is 126 Å². The van der Waals surface area contributed by atoms with Crippen molar-refractivity contribution >= 4 is 11.5 Å². The van der Waals surface area contributed by atoms with Gasteiger partial charge in [-0.15, -0.1) is 0 Å². The Morgan fingerprint density at radius 1 is 0.639 bits per heavy atom. The van der Waals surface area contributed by atoms with Crippen molar-refractivity contribution in [2.75, 3.05) is 0 Å². The summed E-state index contributed by atoms with van der Waals surface area (Å²) in [4.78, 5) is 16.1. The largest absolute Gasteiger partial charge is 0.411 e. The van der Waals surface area contributed by atoms with Crippen molar-refractivity contribution in [2.24, 2.45) is 5.16 Å². The van der Waals surface area contributed by atoms with Crippen LogP contribution in [0.4, 0.5) is 0 Å². The number of carbonyl (C=O) groups excluding carboxylic acids is 1. The number of hydrogen-bond donors (Lipinski definition) is 1. The van der Waals surface area contributed by atoms with Crippen molar-refractivity contribution in [3.63, 3.8) is 0 Å². The smallest absolute Gasteiger partial charge is 0.156 e. The molecule has 0 aliphatic carbocycles. The first-order chi connectivity index (χ1) is 17.7. The van der Waals surface area contributed by atoms with Crippen LogP contribution in [-0.2, 0) is 30.7 Å². The van der Waals surface area contributed by atoms with Crippen molar-refractivity contribution in [1.82, 2.24) is 4.90 Å². The first-order valence-electron chi connectivity index (χ1n) is 12.3. The van der Waals surface area contributed by atoms with Gasteiger partial charge in [0.15, 0.2) is 5.78 Å². The zero-order valence-electron chi connectivity index (χ0n) is 20.4. The molecule has 4 rings (SSSR count). The second-order valence-corrected chi connectivity index (χ2v) is 9.05. The van der Waals surface area contributed by atoms with Crippen LogP contribution in [0.3, 0.4) is 0 Å². The predicted molar refractivity (Wildman–Crippen MR) is 145 cm³/mol. The van der Waals surface area contributed by atoms with Crippen LogP contribution in [0.1, 0.15) is 28.7 Å². The van der Waals surface area contributed by atoms with Crippen LogP contribution in [0.5, 0.6) is 0 Å². The summed E-state index contributed by atoms with van der Waals surface area (Å²) in [5.74, 6) is 0.0504. The highest BCUT2D eigenvalue weighted by molar-refractivity contribution is 6.04. The molecule has 36 heavy (non-hydrogen) atoms. The Hall–Kier alpha value is -4.02. The third-order valence-electron chi connectivity index (χ3n) is 6.31. The van der Waals surface area contributed by atoms with Gasteiger partial charge in [0, 0.05) is 19.5 Å². The van der Waals surface area contributed by atoms with Gasteiger partial charge in [-0.25, -0.2) is 0 Å². The van der Waals surface area contributed by atoms with Crippen molar-refractivity contribution in [3.05, 3.63) is 144 Å². The molecule has 0 unspecified atom stereocenters. The molecule has 1 N–H and O–H groups in total. The molecule has 0 spiro atoms. The maximum absolute atomic E-state index is 13.9. The highest BCUT2D eigenvalue weighted by Gasteiger charge is 2.28. The van der Waals surface area contributed by atoms with E-state index < -0.39 is 0 Å². The summed E-state index contributed by atoms with van der Waals surface area (Å²) in [7, 11) is 0. The molecule has 0 aliphatic heterocycles. The van der Waals surface area contributed by atoms with E-state index in [0.29, 0.717) is 31.6 Å². The fourth-order valence-electron chi connectivity index (χ4n) is 4.48. The standard InChI is InChI=1S/C32H32N2O2/c35-32(23-30(33-36)21-26-13-5-1-6-14-26)31(22-27-15-7-2-8-16-27)34(24-28-17-9-3-10-18-28)25-29-19-11-4-12-20-29/h1-20,31,36H,21-25H2/b33-30+/t31-/m0/s1. The molecular weight excluding hydrogens is 444 g/mol. The zero-order valence-corrected chi connectivity index (χ0v) is 20.4. The van der Waals surface area contributed by atoms with Gasteiger partial charge in [0.1, 0.15) is 0 Å². The highest BCUT2D eigenvalue weighted by Crippen LogP contribution is 2.20. The topological polar surface area (TPSA) is 52.9 Å². The van der Waals surface area contributed by atoms with E-state index in [0.717, 1.165) is 22.3 Å². The molecule has 0 bridgehead atoms. The van der Waals surface area contributed by atoms with Gasteiger partial charge in [-0.1, -0.05) is 126 Å². The van der Waals surface area contributed by atoms with Gasteiger partial charge in [0.05, 0.1) is 18.2 Å². The van der Waals surface area contributed by atoms with Gasteiger partial charge >= 0.3 is 0 Å². The van der Waals surface area contributed by atoms with Crippen LogP contribution in [0, 0.1) is 0 Å². The second kappa shape index (κ2) is 13.2. The average molecular weight is 477 g/mol. The fraction of sp³-hybridized carbons (Fsp3) is 0.188. The SMILES string of the molecule is O=C(C/C(Cc1ccccc1)=N/O)[C@H](Cc1ccccc1)N(Cc1ccccc1)Cc1ccccc1. The molecule has 0 saturated carbocycles. The first kappa shape index (κ1) is 25.1. The summed E-state index contributed by atoms with van der Waals surface area (Å²) in [5, 5.41) is 13.3. The minimum absolute atomic E-state index is 0.0504. The zero-order chi connectivity index (χ0) is 25.0. The number of Topliss-reactive ketones (excluding diaryl/α,β-unsaturated/α-hetero) is 1. The van der Waals surface area contributed by atoms with Crippen molar-refractivity contribution in [1.29, 1.82) is 0 Å². The lowest BCUT2D eigenvalue weighted by molar-refractivity contribution is -0.123. The van der Waals surface area contributed by atoms with Gasteiger partial charge in [-0.2, -0.15) is 0 Å². The van der Waals surface area contributed by atoms with E-state index in [1.54, 1.807) is 0 Å². The molecule has 4 heteroatoms. The van der Waals surface area contributed by atoms with E-state index in [1.165, 1.54) is 0 Å². The highest BCUT2D eigenvalue weighted by atomic mass is 16.4. The van der Waals surface area contributed by atoms with Crippen LogP contribution < -0.4 is 0 Å². The lowest BCUT2D eigenvalue weighted by Gasteiger charge is -2.31. The monoisotopic (exact) mass is 476 g/mol. The molecule has 0 aromatic heterocycles. The van der Waals surface area contributed by atoms with Gasteiger partial charge in [-0.05, 0) is 28.7 Å². The molecule has 4 aromatic rings. The van der Waals surface area contributed by atoms with Crippen LogP contribution in [0.2, 0.25) is 0 Å². The Balaban J connectivity index is 1.62. The molecule has 4 nitrogen and oxygen atoms in total. The number of nitrogens with zero attached hydrogens (tertiary/aromatic N) is 2. The third-order valence-corrected chi connectivity index (χ3v) is 6.31. The molecule has 0 saturated heterocycles. The van der Waals surface area contributed by atoms with E-state index in [-0.39, 0.29) is 18.2 Å².